The number of aromatic nitrogens is 2. The molecule has 2 aromatic carbocycles. The molecule has 5 rings (SSSR count). The molecule has 1 aliphatic heterocycles. The third kappa shape index (κ3) is 11.9. The average molecular weight is 733 g/mol. The van der Waals surface area contributed by atoms with Gasteiger partial charge in [0.1, 0.15) is 17.1 Å². The van der Waals surface area contributed by atoms with E-state index in [0.29, 0.717) is 21.9 Å². The van der Waals surface area contributed by atoms with Crippen molar-refractivity contribution in [1.82, 2.24) is 9.97 Å². The van der Waals surface area contributed by atoms with Crippen LogP contribution in [0, 0.1) is 23.6 Å². The molecule has 0 N–H and O–H groups in total. The number of hydrogen-bond donors (Lipinski definition) is 0. The summed E-state index contributed by atoms with van der Waals surface area (Å²) in [7, 11) is 0.672. The van der Waals surface area contributed by atoms with E-state index in [2.05, 4.69) is 48.9 Å². The Hall–Kier alpha value is -2.67. The standard InChI is InChI=1S/C45H63F3N2OSi/c1-4-5-11-18-33(2)19-14-15-20-34(3)29-30-52-40-23-17-16-22-37(40)36-31-49-44(50-32-36)38-27-28-39-42(43(38)46)45(47,48)41(51-39)24-13-10-8-6-7-9-12-21-35-25-26-35/h16-17,22-23,27-28,31-35,41H,4-15,18-21,24-26,29-30H2,1-3H3. The maximum Gasteiger partial charge on any atom is 0.315 e. The molecule has 3 atom stereocenters. The van der Waals surface area contributed by atoms with Gasteiger partial charge in [0.05, 0.1) is 15.1 Å². The van der Waals surface area contributed by atoms with Gasteiger partial charge in [-0.2, -0.15) is 8.78 Å². The predicted octanol–water partition coefficient (Wildman–Crippen LogP) is 13.3. The molecule has 52 heavy (non-hydrogen) atoms. The number of rotatable bonds is 25. The zero-order valence-electron chi connectivity index (χ0n) is 32.2. The minimum Gasteiger partial charge on any atom is -0.483 e. The molecule has 2 aliphatic rings. The fourth-order valence-electron chi connectivity index (χ4n) is 7.79. The van der Waals surface area contributed by atoms with Gasteiger partial charge in [0, 0.05) is 18.0 Å². The summed E-state index contributed by atoms with van der Waals surface area (Å²) in [4.78, 5) is 8.95. The van der Waals surface area contributed by atoms with Crippen molar-refractivity contribution in [2.24, 2.45) is 17.8 Å². The molecule has 3 aromatic rings. The van der Waals surface area contributed by atoms with Crippen LogP contribution in [0.15, 0.2) is 48.8 Å². The molecule has 1 aliphatic carbocycles. The Morgan fingerprint density at radius 2 is 1.37 bits per heavy atom. The third-order valence-electron chi connectivity index (χ3n) is 11.4. The lowest BCUT2D eigenvalue weighted by molar-refractivity contribution is -0.0811. The summed E-state index contributed by atoms with van der Waals surface area (Å²) < 4.78 is 52.6. The largest absolute Gasteiger partial charge is 0.483 e. The van der Waals surface area contributed by atoms with Crippen molar-refractivity contribution in [3.05, 3.63) is 60.2 Å². The van der Waals surface area contributed by atoms with Crippen LogP contribution in [0.2, 0.25) is 6.04 Å². The summed E-state index contributed by atoms with van der Waals surface area (Å²) in [5.41, 5.74) is 1.24. The molecule has 0 amide bonds. The van der Waals surface area contributed by atoms with Gasteiger partial charge in [-0.15, -0.1) is 0 Å². The van der Waals surface area contributed by atoms with Crippen LogP contribution in [0.25, 0.3) is 22.5 Å². The Balaban J connectivity index is 1.09. The van der Waals surface area contributed by atoms with Gasteiger partial charge in [-0.25, -0.2) is 14.4 Å². The summed E-state index contributed by atoms with van der Waals surface area (Å²) in [5, 5.41) is 1.27. The molecule has 7 heteroatoms. The van der Waals surface area contributed by atoms with Crippen molar-refractivity contribution in [3.8, 4) is 28.3 Å². The van der Waals surface area contributed by atoms with Crippen molar-refractivity contribution in [2.45, 2.75) is 167 Å². The Bertz CT molecular complexity index is 1490. The van der Waals surface area contributed by atoms with Gasteiger partial charge in [-0.1, -0.05) is 172 Å². The Morgan fingerprint density at radius 1 is 0.750 bits per heavy atom. The van der Waals surface area contributed by atoms with Crippen LogP contribution in [0.5, 0.6) is 5.75 Å². The van der Waals surface area contributed by atoms with Crippen molar-refractivity contribution < 1.29 is 17.9 Å². The molecule has 2 heterocycles. The summed E-state index contributed by atoms with van der Waals surface area (Å²) >= 11 is 0. The zero-order chi connectivity index (χ0) is 36.8. The molecule has 3 unspecified atom stereocenters. The van der Waals surface area contributed by atoms with Crippen LogP contribution in [-0.4, -0.2) is 25.6 Å². The summed E-state index contributed by atoms with van der Waals surface area (Å²) in [5.74, 6) is -1.80. The number of ether oxygens (including phenoxy) is 1. The second-order valence-corrected chi connectivity index (χ2v) is 17.5. The van der Waals surface area contributed by atoms with Crippen molar-refractivity contribution in [3.63, 3.8) is 0 Å². The van der Waals surface area contributed by atoms with Gasteiger partial charge < -0.3 is 4.74 Å². The first-order valence-electron chi connectivity index (χ1n) is 20.8. The molecule has 0 bridgehead atoms. The van der Waals surface area contributed by atoms with E-state index in [-0.39, 0.29) is 23.6 Å². The lowest BCUT2D eigenvalue weighted by Gasteiger charge is -2.18. The van der Waals surface area contributed by atoms with E-state index in [1.54, 1.807) is 12.4 Å². The fraction of sp³-hybridized carbons (Fsp3) is 0.644. The smallest absolute Gasteiger partial charge is 0.315 e. The van der Waals surface area contributed by atoms with Gasteiger partial charge in [-0.3, -0.25) is 0 Å². The van der Waals surface area contributed by atoms with Crippen LogP contribution in [-0.2, 0) is 5.92 Å². The molecule has 0 saturated heterocycles. The van der Waals surface area contributed by atoms with Crippen LogP contribution in [0.1, 0.15) is 155 Å². The van der Waals surface area contributed by atoms with Crippen LogP contribution in [0.3, 0.4) is 0 Å². The number of benzene rings is 2. The van der Waals surface area contributed by atoms with E-state index < -0.39 is 23.4 Å². The van der Waals surface area contributed by atoms with Gasteiger partial charge in [-0.05, 0) is 48.3 Å². The normalized spacial score (nSPS) is 17.5. The minimum absolute atomic E-state index is 0.0222. The van der Waals surface area contributed by atoms with Crippen molar-refractivity contribution >= 4 is 14.7 Å². The Morgan fingerprint density at radius 3 is 2.04 bits per heavy atom. The van der Waals surface area contributed by atoms with Crippen LogP contribution in [0.4, 0.5) is 13.2 Å². The highest BCUT2D eigenvalue weighted by Gasteiger charge is 2.53. The first-order chi connectivity index (χ1) is 25.3. The lowest BCUT2D eigenvalue weighted by atomic mass is 9.94. The van der Waals surface area contributed by atoms with Crippen molar-refractivity contribution in [2.75, 3.05) is 0 Å². The van der Waals surface area contributed by atoms with Gasteiger partial charge in [0.2, 0.25) is 0 Å². The number of halogens is 3. The number of alkyl halides is 2. The predicted molar refractivity (Wildman–Crippen MR) is 211 cm³/mol. The topological polar surface area (TPSA) is 35.0 Å². The summed E-state index contributed by atoms with van der Waals surface area (Å²) in [6, 6.07) is 12.4. The number of fused-ring (bicyclic) bond motifs is 1. The van der Waals surface area contributed by atoms with E-state index in [0.717, 1.165) is 48.3 Å². The van der Waals surface area contributed by atoms with E-state index in [1.807, 2.05) is 6.07 Å². The first-order valence-corrected chi connectivity index (χ1v) is 22.0. The number of hydrogen-bond acceptors (Lipinski definition) is 3. The van der Waals surface area contributed by atoms with Gasteiger partial charge >= 0.3 is 5.92 Å². The maximum absolute atomic E-state index is 15.8. The zero-order valence-corrected chi connectivity index (χ0v) is 33.2. The highest BCUT2D eigenvalue weighted by Crippen LogP contribution is 2.50. The van der Waals surface area contributed by atoms with Crippen LogP contribution >= 0.6 is 0 Å². The molecule has 284 valence electrons. The average Bonchev–Trinajstić information content (AvgIpc) is 3.93. The van der Waals surface area contributed by atoms with E-state index in [4.69, 9.17) is 4.74 Å². The SMILES string of the molecule is CCCCCC(C)CCCCC(C)CC[Si]c1ccccc1-c1cnc(-c2ccc3c(c2F)C(F)(F)C(CCCCCCCCCC2CC2)O3)nc1. The molecule has 1 saturated carbocycles. The second kappa shape index (κ2) is 20.7. The lowest BCUT2D eigenvalue weighted by Crippen LogP contribution is -2.30. The molecular formula is C45H63F3N2OSi. The molecule has 0 spiro atoms. The van der Waals surface area contributed by atoms with E-state index in [1.165, 1.54) is 114 Å². The van der Waals surface area contributed by atoms with Gasteiger partial charge in [0.15, 0.2) is 11.9 Å². The third-order valence-corrected chi connectivity index (χ3v) is 12.8. The second-order valence-electron chi connectivity index (χ2n) is 16.1. The molecule has 2 radical (unpaired) electrons. The highest BCUT2D eigenvalue weighted by molar-refractivity contribution is 6.55. The van der Waals surface area contributed by atoms with E-state index in [9.17, 15) is 0 Å². The fourth-order valence-corrected chi connectivity index (χ4v) is 9.33. The highest BCUT2D eigenvalue weighted by atomic mass is 28.2. The quantitative estimate of drug-likeness (QED) is 0.0643. The molecule has 1 aromatic heterocycles. The summed E-state index contributed by atoms with van der Waals surface area (Å²) in [6.07, 6.45) is 25.9. The van der Waals surface area contributed by atoms with Gasteiger partial charge in [0.25, 0.3) is 0 Å². The molecule has 1 fully saturated rings. The van der Waals surface area contributed by atoms with Crippen LogP contribution < -0.4 is 9.92 Å². The Kier molecular flexibility index (Phi) is 16.1. The molecule has 3 nitrogen and oxygen atoms in total. The van der Waals surface area contributed by atoms with E-state index >= 15 is 13.2 Å². The van der Waals surface area contributed by atoms with Crippen molar-refractivity contribution in [1.29, 1.82) is 0 Å². The maximum atomic E-state index is 15.8. The monoisotopic (exact) mass is 732 g/mol. The minimum atomic E-state index is -3.40. The Labute approximate surface area is 315 Å². The summed E-state index contributed by atoms with van der Waals surface area (Å²) in [6.45, 7) is 7.06. The first kappa shape index (κ1) is 40.5. The number of nitrogens with zero attached hydrogens (tertiary/aromatic N) is 2. The number of unbranched alkanes of at least 4 members (excludes halogenated alkanes) is 9. The molecular weight excluding hydrogens is 670 g/mol.